The van der Waals surface area contributed by atoms with Gasteiger partial charge in [-0.1, -0.05) is 31.5 Å². The van der Waals surface area contributed by atoms with Crippen molar-refractivity contribution in [2.75, 3.05) is 0 Å². The van der Waals surface area contributed by atoms with Crippen LogP contribution in [0.2, 0.25) is 5.02 Å². The second-order valence-corrected chi connectivity index (χ2v) is 4.90. The second kappa shape index (κ2) is 5.47. The maximum Gasteiger partial charge on any atom is 0.417 e. The highest BCUT2D eigenvalue weighted by Gasteiger charge is 2.34. The van der Waals surface area contributed by atoms with E-state index in [1.165, 1.54) is 6.07 Å². The van der Waals surface area contributed by atoms with Gasteiger partial charge in [0, 0.05) is 0 Å². The van der Waals surface area contributed by atoms with Crippen LogP contribution in [0.3, 0.4) is 0 Å². The van der Waals surface area contributed by atoms with Gasteiger partial charge in [0.2, 0.25) is 0 Å². The highest BCUT2D eigenvalue weighted by molar-refractivity contribution is 6.31. The van der Waals surface area contributed by atoms with Crippen LogP contribution >= 0.6 is 11.6 Å². The summed E-state index contributed by atoms with van der Waals surface area (Å²) < 4.78 is 38.0. The molecule has 1 aromatic rings. The SMILES string of the molecule is CC(C)[C@@H](O)[C@@H](N)c1ccc(Cl)c(C(F)(F)F)c1. The third kappa shape index (κ3) is 3.37. The van der Waals surface area contributed by atoms with Gasteiger partial charge in [-0.2, -0.15) is 13.2 Å². The van der Waals surface area contributed by atoms with Crippen LogP contribution in [0.5, 0.6) is 0 Å². The monoisotopic (exact) mass is 281 g/mol. The first-order valence-corrected chi connectivity index (χ1v) is 5.82. The number of nitrogens with two attached hydrogens (primary N) is 1. The largest absolute Gasteiger partial charge is 0.417 e. The fourth-order valence-corrected chi connectivity index (χ4v) is 1.80. The van der Waals surface area contributed by atoms with Crippen LogP contribution in [0.15, 0.2) is 18.2 Å². The summed E-state index contributed by atoms with van der Waals surface area (Å²) in [5.74, 6) is -0.148. The summed E-state index contributed by atoms with van der Waals surface area (Å²) >= 11 is 5.50. The molecular formula is C12H15ClF3NO. The zero-order chi connectivity index (χ0) is 14.1. The summed E-state index contributed by atoms with van der Waals surface area (Å²) in [5, 5.41) is 9.39. The number of hydrogen-bond acceptors (Lipinski definition) is 2. The quantitative estimate of drug-likeness (QED) is 0.892. The molecule has 2 atom stereocenters. The summed E-state index contributed by atoms with van der Waals surface area (Å²) in [6.45, 7) is 3.48. The molecule has 0 aromatic heterocycles. The summed E-state index contributed by atoms with van der Waals surface area (Å²) in [5.41, 5.74) is 5.02. The number of alkyl halides is 3. The first kappa shape index (κ1) is 15.3. The lowest BCUT2D eigenvalue weighted by molar-refractivity contribution is -0.137. The normalized spacial score (nSPS) is 15.8. The molecule has 2 nitrogen and oxygen atoms in total. The van der Waals surface area contributed by atoms with Crippen LogP contribution in [0.1, 0.15) is 31.0 Å². The summed E-state index contributed by atoms with van der Waals surface area (Å²) in [6.07, 6.45) is -5.44. The molecule has 0 spiro atoms. The number of rotatable bonds is 3. The van der Waals surface area contributed by atoms with Crippen LogP contribution in [0, 0.1) is 5.92 Å². The van der Waals surface area contributed by atoms with Gasteiger partial charge < -0.3 is 10.8 Å². The number of aliphatic hydroxyl groups excluding tert-OH is 1. The molecule has 0 radical (unpaired) electrons. The zero-order valence-electron chi connectivity index (χ0n) is 10.0. The van der Waals surface area contributed by atoms with Crippen molar-refractivity contribution in [3.8, 4) is 0 Å². The predicted molar refractivity (Wildman–Crippen MR) is 64.2 cm³/mol. The Bertz CT molecular complexity index is 420. The van der Waals surface area contributed by atoms with Crippen LogP contribution in [0.4, 0.5) is 13.2 Å². The van der Waals surface area contributed by atoms with Gasteiger partial charge in [-0.05, 0) is 23.6 Å². The molecule has 0 unspecified atom stereocenters. The zero-order valence-corrected chi connectivity index (χ0v) is 10.8. The minimum absolute atomic E-state index is 0.148. The fourth-order valence-electron chi connectivity index (χ4n) is 1.58. The van der Waals surface area contributed by atoms with Crippen molar-refractivity contribution in [1.82, 2.24) is 0 Å². The van der Waals surface area contributed by atoms with Crippen molar-refractivity contribution in [1.29, 1.82) is 0 Å². The van der Waals surface area contributed by atoms with E-state index in [1.54, 1.807) is 13.8 Å². The van der Waals surface area contributed by atoms with E-state index in [2.05, 4.69) is 0 Å². The lowest BCUT2D eigenvalue weighted by Gasteiger charge is -2.23. The third-order valence-corrected chi connectivity index (χ3v) is 3.06. The standard InChI is InChI=1S/C12H15ClF3NO/c1-6(2)11(18)10(17)7-3-4-9(13)8(5-7)12(14,15)16/h3-6,10-11,18H,17H2,1-2H3/t10-,11+/m0/s1. The Hall–Kier alpha value is -0.780. The number of benzene rings is 1. The number of hydrogen-bond donors (Lipinski definition) is 2. The molecule has 0 amide bonds. The Labute approximate surface area is 109 Å². The third-order valence-electron chi connectivity index (χ3n) is 2.73. The van der Waals surface area contributed by atoms with E-state index in [9.17, 15) is 18.3 Å². The smallest absolute Gasteiger partial charge is 0.391 e. The molecule has 1 rings (SSSR count). The highest BCUT2D eigenvalue weighted by atomic mass is 35.5. The molecule has 0 heterocycles. The average Bonchev–Trinajstić information content (AvgIpc) is 2.26. The van der Waals surface area contributed by atoms with Gasteiger partial charge >= 0.3 is 6.18 Å². The lowest BCUT2D eigenvalue weighted by Crippen LogP contribution is -2.30. The van der Waals surface area contributed by atoms with Crippen molar-refractivity contribution >= 4 is 11.6 Å². The predicted octanol–water partition coefficient (Wildman–Crippen LogP) is 3.38. The first-order valence-electron chi connectivity index (χ1n) is 5.45. The topological polar surface area (TPSA) is 46.2 Å². The maximum absolute atomic E-state index is 12.7. The van der Waals surface area contributed by atoms with E-state index in [0.717, 1.165) is 12.1 Å². The minimum Gasteiger partial charge on any atom is -0.391 e. The Balaban J connectivity index is 3.13. The highest BCUT2D eigenvalue weighted by Crippen LogP contribution is 2.36. The van der Waals surface area contributed by atoms with Gasteiger partial charge in [0.1, 0.15) is 0 Å². The average molecular weight is 282 g/mol. The molecule has 0 aliphatic carbocycles. The molecule has 3 N–H and O–H groups in total. The van der Waals surface area contributed by atoms with Crippen molar-refractivity contribution in [3.05, 3.63) is 34.3 Å². The van der Waals surface area contributed by atoms with E-state index >= 15 is 0 Å². The van der Waals surface area contributed by atoms with Gasteiger partial charge in [0.15, 0.2) is 0 Å². The maximum atomic E-state index is 12.7. The molecule has 6 heteroatoms. The molecule has 0 bridgehead atoms. The van der Waals surface area contributed by atoms with Gasteiger partial charge in [-0.25, -0.2) is 0 Å². The van der Waals surface area contributed by atoms with Crippen molar-refractivity contribution < 1.29 is 18.3 Å². The van der Waals surface area contributed by atoms with E-state index in [0.29, 0.717) is 0 Å². The molecule has 0 saturated carbocycles. The molecule has 0 fully saturated rings. The summed E-state index contributed by atoms with van der Waals surface area (Å²) in [7, 11) is 0. The Morgan fingerprint density at radius 1 is 1.28 bits per heavy atom. The van der Waals surface area contributed by atoms with Crippen LogP contribution in [-0.4, -0.2) is 11.2 Å². The van der Waals surface area contributed by atoms with Crippen LogP contribution in [0.25, 0.3) is 0 Å². The van der Waals surface area contributed by atoms with Crippen LogP contribution in [-0.2, 0) is 6.18 Å². The van der Waals surface area contributed by atoms with Crippen molar-refractivity contribution in [2.24, 2.45) is 11.7 Å². The molecule has 102 valence electrons. The Morgan fingerprint density at radius 2 is 1.83 bits per heavy atom. The lowest BCUT2D eigenvalue weighted by atomic mass is 9.93. The Morgan fingerprint density at radius 3 is 2.28 bits per heavy atom. The van der Waals surface area contributed by atoms with Crippen molar-refractivity contribution in [2.45, 2.75) is 32.2 Å². The molecule has 0 saturated heterocycles. The number of aliphatic hydroxyl groups is 1. The van der Waals surface area contributed by atoms with Crippen LogP contribution < -0.4 is 5.73 Å². The number of halogens is 4. The van der Waals surface area contributed by atoms with Gasteiger partial charge in [0.25, 0.3) is 0 Å². The molecular weight excluding hydrogens is 267 g/mol. The van der Waals surface area contributed by atoms with E-state index in [4.69, 9.17) is 17.3 Å². The molecule has 1 aromatic carbocycles. The molecule has 0 aliphatic rings. The van der Waals surface area contributed by atoms with Gasteiger partial charge in [-0.15, -0.1) is 0 Å². The van der Waals surface area contributed by atoms with Crippen molar-refractivity contribution in [3.63, 3.8) is 0 Å². The van der Waals surface area contributed by atoms with Gasteiger partial charge in [0.05, 0.1) is 22.7 Å². The molecule has 0 aliphatic heterocycles. The molecule has 18 heavy (non-hydrogen) atoms. The Kier molecular flexibility index (Phi) is 4.64. The van der Waals surface area contributed by atoms with E-state index in [-0.39, 0.29) is 16.5 Å². The summed E-state index contributed by atoms with van der Waals surface area (Å²) in [4.78, 5) is 0. The summed E-state index contributed by atoms with van der Waals surface area (Å²) in [6, 6.07) is 2.56. The fraction of sp³-hybridized carbons (Fsp3) is 0.500. The minimum atomic E-state index is -4.53. The van der Waals surface area contributed by atoms with Gasteiger partial charge in [-0.3, -0.25) is 0 Å². The second-order valence-electron chi connectivity index (χ2n) is 4.50. The van der Waals surface area contributed by atoms with E-state index < -0.39 is 23.9 Å². The van der Waals surface area contributed by atoms with E-state index in [1.807, 2.05) is 0 Å². The first-order chi connectivity index (χ1) is 8.14.